The molecule has 0 amide bonds. The Kier molecular flexibility index (Phi) is 9.68. The molecule has 114 valence electrons. The Morgan fingerprint density at radius 3 is 2.55 bits per heavy atom. The zero-order valence-electron chi connectivity index (χ0n) is 11.1. The molecule has 1 aromatic rings. The van der Waals surface area contributed by atoms with E-state index in [-0.39, 0.29) is 30.6 Å². The van der Waals surface area contributed by atoms with Gasteiger partial charge in [-0.2, -0.15) is 0 Å². The van der Waals surface area contributed by atoms with E-state index in [2.05, 4.69) is 32.7 Å². The van der Waals surface area contributed by atoms with Gasteiger partial charge in [0.1, 0.15) is 5.82 Å². The Morgan fingerprint density at radius 1 is 1.35 bits per heavy atom. The molecule has 1 atom stereocenters. The lowest BCUT2D eigenvalue weighted by atomic mass is 10.0. The first-order valence-electron chi connectivity index (χ1n) is 6.23. The van der Waals surface area contributed by atoms with Gasteiger partial charge in [-0.25, -0.2) is 4.39 Å². The average Bonchev–Trinajstić information content (AvgIpc) is 2.40. The number of benzene rings is 1. The maximum Gasteiger partial charge on any atom is 0.137 e. The predicted octanol–water partition coefficient (Wildman–Crippen LogP) is 3.95. The zero-order valence-corrected chi connectivity index (χ0v) is 14.4. The molecule has 2 rings (SSSR count). The van der Waals surface area contributed by atoms with Crippen LogP contribution >= 0.6 is 40.7 Å². The molecule has 0 unspecified atom stereocenters. The molecular formula is C14H20BrCl2FN2. The first-order chi connectivity index (χ1) is 8.72. The summed E-state index contributed by atoms with van der Waals surface area (Å²) in [5.41, 5.74) is 1.14. The second-order valence-corrected chi connectivity index (χ2v) is 5.35. The van der Waals surface area contributed by atoms with Crippen LogP contribution in [0.4, 0.5) is 4.39 Å². The highest BCUT2D eigenvalue weighted by atomic mass is 79.9. The Hall–Kier alpha value is -0.130. The van der Waals surface area contributed by atoms with E-state index in [4.69, 9.17) is 0 Å². The van der Waals surface area contributed by atoms with E-state index in [0.717, 1.165) is 38.2 Å². The van der Waals surface area contributed by atoms with Gasteiger partial charge in [0, 0.05) is 32.2 Å². The minimum Gasteiger partial charge on any atom is -0.314 e. The summed E-state index contributed by atoms with van der Waals surface area (Å²) in [4.78, 5) is 2.43. The summed E-state index contributed by atoms with van der Waals surface area (Å²) in [5.74, 6) is -0.212. The van der Waals surface area contributed by atoms with E-state index in [9.17, 15) is 4.39 Å². The number of nitrogens with one attached hydrogen (secondary N) is 1. The van der Waals surface area contributed by atoms with Crippen LogP contribution in [-0.2, 0) is 0 Å². The summed E-state index contributed by atoms with van der Waals surface area (Å²) in [6.45, 7) is 7.90. The summed E-state index contributed by atoms with van der Waals surface area (Å²) >= 11 is 3.26. The van der Waals surface area contributed by atoms with Gasteiger partial charge in [0.2, 0.25) is 0 Å². The lowest BCUT2D eigenvalue weighted by Crippen LogP contribution is -2.45. The van der Waals surface area contributed by atoms with E-state index in [1.165, 1.54) is 6.07 Å². The summed E-state index contributed by atoms with van der Waals surface area (Å²) in [5, 5.41) is 3.35. The smallest absolute Gasteiger partial charge is 0.137 e. The van der Waals surface area contributed by atoms with Crippen LogP contribution in [0.3, 0.4) is 0 Å². The Bertz CT molecular complexity index is 426. The molecule has 1 N–H and O–H groups in total. The topological polar surface area (TPSA) is 15.3 Å². The monoisotopic (exact) mass is 384 g/mol. The van der Waals surface area contributed by atoms with Gasteiger partial charge in [-0.05, 0) is 40.0 Å². The van der Waals surface area contributed by atoms with E-state index in [1.54, 1.807) is 0 Å². The summed E-state index contributed by atoms with van der Waals surface area (Å²) < 4.78 is 13.8. The number of rotatable bonds is 4. The van der Waals surface area contributed by atoms with Crippen LogP contribution in [0.1, 0.15) is 18.0 Å². The molecular weight excluding hydrogens is 366 g/mol. The summed E-state index contributed by atoms with van der Waals surface area (Å²) in [7, 11) is 0. The number of hydrogen-bond acceptors (Lipinski definition) is 2. The summed E-state index contributed by atoms with van der Waals surface area (Å²) in [6, 6.07) is 5.57. The van der Waals surface area contributed by atoms with Gasteiger partial charge in [0.25, 0.3) is 0 Å². The Labute approximate surface area is 140 Å². The first kappa shape index (κ1) is 19.9. The van der Waals surface area contributed by atoms with Crippen LogP contribution in [-0.4, -0.2) is 31.1 Å². The lowest BCUT2D eigenvalue weighted by molar-refractivity contribution is 0.174. The van der Waals surface area contributed by atoms with Crippen molar-refractivity contribution in [3.63, 3.8) is 0 Å². The molecule has 20 heavy (non-hydrogen) atoms. The molecule has 0 saturated carbocycles. The molecule has 2 nitrogen and oxygen atoms in total. The number of nitrogens with zero attached hydrogens (tertiary/aromatic N) is 1. The van der Waals surface area contributed by atoms with Crippen LogP contribution in [0.25, 0.3) is 0 Å². The molecule has 1 heterocycles. The van der Waals surface area contributed by atoms with Gasteiger partial charge in [0.15, 0.2) is 0 Å². The second kappa shape index (κ2) is 9.74. The zero-order chi connectivity index (χ0) is 13.0. The fraction of sp³-hybridized carbons (Fsp3) is 0.429. The van der Waals surface area contributed by atoms with Crippen molar-refractivity contribution in [2.75, 3.05) is 26.2 Å². The Balaban J connectivity index is 0.00000180. The average molecular weight is 386 g/mol. The van der Waals surface area contributed by atoms with E-state index < -0.39 is 0 Å². The highest BCUT2D eigenvalue weighted by Crippen LogP contribution is 2.28. The van der Waals surface area contributed by atoms with Crippen molar-refractivity contribution in [2.24, 2.45) is 0 Å². The molecule has 1 aliphatic rings. The molecule has 0 radical (unpaired) electrons. The third-order valence-electron chi connectivity index (χ3n) is 3.31. The fourth-order valence-electron chi connectivity index (χ4n) is 2.37. The quantitative estimate of drug-likeness (QED) is 0.789. The molecule has 1 fully saturated rings. The van der Waals surface area contributed by atoms with Crippen molar-refractivity contribution in [1.29, 1.82) is 0 Å². The molecule has 0 aliphatic carbocycles. The van der Waals surface area contributed by atoms with Crippen molar-refractivity contribution >= 4 is 40.7 Å². The highest BCUT2D eigenvalue weighted by Gasteiger charge is 2.21. The van der Waals surface area contributed by atoms with Gasteiger partial charge in [-0.15, -0.1) is 31.4 Å². The summed E-state index contributed by atoms with van der Waals surface area (Å²) in [6.07, 6.45) is 2.82. The van der Waals surface area contributed by atoms with Gasteiger partial charge < -0.3 is 5.32 Å². The SMILES string of the molecule is C=CC[C@@H](c1ccc(F)c(Br)c1)N1CCNCC1.Cl.Cl. The number of piperazine rings is 1. The largest absolute Gasteiger partial charge is 0.314 e. The molecule has 1 saturated heterocycles. The predicted molar refractivity (Wildman–Crippen MR) is 90.6 cm³/mol. The van der Waals surface area contributed by atoms with Crippen LogP contribution < -0.4 is 5.32 Å². The van der Waals surface area contributed by atoms with Crippen LogP contribution in [0, 0.1) is 5.82 Å². The van der Waals surface area contributed by atoms with Crippen LogP contribution in [0.5, 0.6) is 0 Å². The molecule has 0 bridgehead atoms. The minimum atomic E-state index is -0.212. The normalized spacial score (nSPS) is 16.7. The van der Waals surface area contributed by atoms with Crippen LogP contribution in [0.15, 0.2) is 35.3 Å². The Morgan fingerprint density at radius 2 is 2.00 bits per heavy atom. The second-order valence-electron chi connectivity index (χ2n) is 4.50. The molecule has 6 heteroatoms. The third-order valence-corrected chi connectivity index (χ3v) is 3.92. The molecule has 0 spiro atoms. The number of halogens is 4. The fourth-order valence-corrected chi connectivity index (χ4v) is 2.76. The molecule has 1 aromatic carbocycles. The minimum absolute atomic E-state index is 0. The molecule has 0 aromatic heterocycles. The first-order valence-corrected chi connectivity index (χ1v) is 7.02. The van der Waals surface area contributed by atoms with Gasteiger partial charge in [-0.3, -0.25) is 4.90 Å². The van der Waals surface area contributed by atoms with Crippen molar-refractivity contribution in [1.82, 2.24) is 10.2 Å². The third kappa shape index (κ3) is 5.01. The maximum atomic E-state index is 13.3. The van der Waals surface area contributed by atoms with Crippen molar-refractivity contribution in [3.8, 4) is 0 Å². The van der Waals surface area contributed by atoms with Crippen molar-refractivity contribution < 1.29 is 4.39 Å². The van der Waals surface area contributed by atoms with E-state index >= 15 is 0 Å². The van der Waals surface area contributed by atoms with Crippen molar-refractivity contribution in [3.05, 3.63) is 46.7 Å². The lowest BCUT2D eigenvalue weighted by Gasteiger charge is -2.34. The van der Waals surface area contributed by atoms with Crippen molar-refractivity contribution in [2.45, 2.75) is 12.5 Å². The van der Waals surface area contributed by atoms with Gasteiger partial charge >= 0.3 is 0 Å². The van der Waals surface area contributed by atoms with E-state index in [1.807, 2.05) is 18.2 Å². The number of hydrogen-bond donors (Lipinski definition) is 1. The van der Waals surface area contributed by atoms with Gasteiger partial charge in [0.05, 0.1) is 4.47 Å². The molecule has 1 aliphatic heterocycles. The maximum absolute atomic E-state index is 13.3. The van der Waals surface area contributed by atoms with Crippen LogP contribution in [0.2, 0.25) is 0 Å². The highest BCUT2D eigenvalue weighted by molar-refractivity contribution is 9.10. The van der Waals surface area contributed by atoms with E-state index in [0.29, 0.717) is 10.5 Å². The standard InChI is InChI=1S/C14H18BrFN2.2ClH/c1-2-3-14(18-8-6-17-7-9-18)11-4-5-13(16)12(15)10-11;;/h2,4-5,10,14,17H,1,3,6-9H2;2*1H/t14-;;/m0../s1. The van der Waals surface area contributed by atoms with Gasteiger partial charge in [-0.1, -0.05) is 12.1 Å².